The number of nitrogens with zero attached hydrogens (tertiary/aromatic N) is 1. The number of hydrogen-bond acceptors (Lipinski definition) is 4. The smallest absolute Gasteiger partial charge is 0.263 e. The van der Waals surface area contributed by atoms with Gasteiger partial charge in [-0.3, -0.25) is 4.79 Å². The van der Waals surface area contributed by atoms with Crippen LogP contribution in [0.15, 0.2) is 47.4 Å². The van der Waals surface area contributed by atoms with Crippen molar-refractivity contribution in [2.75, 3.05) is 13.1 Å². The zero-order valence-electron chi connectivity index (χ0n) is 13.4. The second-order valence-corrected chi connectivity index (χ2v) is 8.91. The quantitative estimate of drug-likeness (QED) is 0.907. The highest BCUT2D eigenvalue weighted by Crippen LogP contribution is 2.21. The van der Waals surface area contributed by atoms with Crippen LogP contribution in [0.4, 0.5) is 0 Å². The Hall–Kier alpha value is -1.70. The highest BCUT2D eigenvalue weighted by atomic mass is 32.2. The van der Waals surface area contributed by atoms with E-state index in [0.29, 0.717) is 25.9 Å². The molecule has 0 unspecified atom stereocenters. The first-order valence-electron chi connectivity index (χ1n) is 7.89. The molecule has 1 saturated heterocycles. The average molecular weight is 364 g/mol. The molecule has 0 bridgehead atoms. The van der Waals surface area contributed by atoms with Crippen LogP contribution in [-0.2, 0) is 10.0 Å². The number of carbonyl (C=O) groups is 1. The maximum absolute atomic E-state index is 12.4. The molecule has 7 heteroatoms. The van der Waals surface area contributed by atoms with Crippen molar-refractivity contribution in [3.63, 3.8) is 0 Å². The van der Waals surface area contributed by atoms with Gasteiger partial charge in [0.05, 0.1) is 9.77 Å². The van der Waals surface area contributed by atoms with E-state index in [4.69, 9.17) is 0 Å². The van der Waals surface area contributed by atoms with Crippen LogP contribution in [0, 0.1) is 6.92 Å². The Morgan fingerprint density at radius 3 is 2.38 bits per heavy atom. The van der Waals surface area contributed by atoms with Gasteiger partial charge in [-0.1, -0.05) is 18.2 Å². The molecule has 1 N–H and O–H groups in total. The highest BCUT2D eigenvalue weighted by molar-refractivity contribution is 7.89. The molecule has 1 aromatic heterocycles. The van der Waals surface area contributed by atoms with Crippen molar-refractivity contribution in [3.8, 4) is 0 Å². The molecule has 1 amide bonds. The fourth-order valence-electron chi connectivity index (χ4n) is 2.79. The van der Waals surface area contributed by atoms with Gasteiger partial charge in [-0.15, -0.1) is 11.3 Å². The molecule has 5 nitrogen and oxygen atoms in total. The van der Waals surface area contributed by atoms with E-state index in [9.17, 15) is 13.2 Å². The minimum Gasteiger partial charge on any atom is -0.338 e. The minimum absolute atomic E-state index is 0.0393. The fraction of sp³-hybridized carbons (Fsp3) is 0.353. The topological polar surface area (TPSA) is 66.5 Å². The van der Waals surface area contributed by atoms with Gasteiger partial charge in [0.1, 0.15) is 0 Å². The summed E-state index contributed by atoms with van der Waals surface area (Å²) >= 11 is 1.49. The van der Waals surface area contributed by atoms with Crippen LogP contribution in [0.3, 0.4) is 0 Å². The van der Waals surface area contributed by atoms with Crippen molar-refractivity contribution in [2.45, 2.75) is 30.7 Å². The average Bonchev–Trinajstić information content (AvgIpc) is 3.02. The van der Waals surface area contributed by atoms with Crippen molar-refractivity contribution in [1.29, 1.82) is 0 Å². The first-order valence-corrected chi connectivity index (χ1v) is 10.2. The van der Waals surface area contributed by atoms with Crippen LogP contribution in [-0.4, -0.2) is 38.4 Å². The van der Waals surface area contributed by atoms with E-state index in [0.717, 1.165) is 9.75 Å². The van der Waals surface area contributed by atoms with Crippen LogP contribution < -0.4 is 4.72 Å². The molecule has 0 spiro atoms. The summed E-state index contributed by atoms with van der Waals surface area (Å²) in [6.45, 7) is 3.11. The van der Waals surface area contributed by atoms with Gasteiger partial charge < -0.3 is 4.90 Å². The first kappa shape index (κ1) is 17.1. The van der Waals surface area contributed by atoms with Crippen molar-refractivity contribution in [1.82, 2.24) is 9.62 Å². The molecular weight excluding hydrogens is 344 g/mol. The number of benzene rings is 1. The normalized spacial score (nSPS) is 16.3. The van der Waals surface area contributed by atoms with Crippen molar-refractivity contribution < 1.29 is 13.2 Å². The number of carbonyl (C=O) groups excluding carboxylic acids is 1. The Morgan fingerprint density at radius 1 is 1.12 bits per heavy atom. The number of hydrogen-bond donors (Lipinski definition) is 1. The van der Waals surface area contributed by atoms with Crippen molar-refractivity contribution >= 4 is 27.3 Å². The van der Waals surface area contributed by atoms with Gasteiger partial charge in [0.25, 0.3) is 5.91 Å². The van der Waals surface area contributed by atoms with E-state index >= 15 is 0 Å². The Morgan fingerprint density at radius 2 is 1.79 bits per heavy atom. The first-order chi connectivity index (χ1) is 11.5. The molecule has 2 heterocycles. The number of likely N-dealkylation sites (tertiary alicyclic amines) is 1. The number of thiophene rings is 1. The van der Waals surface area contributed by atoms with Crippen molar-refractivity contribution in [3.05, 3.63) is 52.2 Å². The SMILES string of the molecule is Cc1ccc(C(=O)N2CCC(NS(=O)(=O)c3ccccc3)CC2)s1. The lowest BCUT2D eigenvalue weighted by Crippen LogP contribution is -2.46. The summed E-state index contributed by atoms with van der Waals surface area (Å²) in [6, 6.07) is 12.0. The number of nitrogens with one attached hydrogen (secondary N) is 1. The summed E-state index contributed by atoms with van der Waals surface area (Å²) in [5.74, 6) is 0.0393. The highest BCUT2D eigenvalue weighted by Gasteiger charge is 2.27. The summed E-state index contributed by atoms with van der Waals surface area (Å²) in [5, 5.41) is 0. The van der Waals surface area contributed by atoms with E-state index in [1.54, 1.807) is 35.2 Å². The molecule has 1 fully saturated rings. The number of amides is 1. The largest absolute Gasteiger partial charge is 0.338 e. The molecule has 1 aliphatic rings. The standard InChI is InChI=1S/C17H20N2O3S2/c1-13-7-8-16(23-13)17(20)19-11-9-14(10-12-19)18-24(21,22)15-5-3-2-4-6-15/h2-8,14,18H,9-12H2,1H3. The van der Waals surface area contributed by atoms with Crippen LogP contribution in [0.1, 0.15) is 27.4 Å². The molecule has 1 aromatic carbocycles. The molecule has 2 aromatic rings. The monoisotopic (exact) mass is 364 g/mol. The summed E-state index contributed by atoms with van der Waals surface area (Å²) in [4.78, 5) is 16.4. The van der Waals surface area contributed by atoms with Gasteiger partial charge in [0.2, 0.25) is 10.0 Å². The molecule has 128 valence electrons. The third-order valence-corrected chi connectivity index (χ3v) is 6.63. The maximum Gasteiger partial charge on any atom is 0.263 e. The van der Waals surface area contributed by atoms with Gasteiger partial charge >= 0.3 is 0 Å². The fourth-order valence-corrected chi connectivity index (χ4v) is 4.95. The van der Waals surface area contributed by atoms with Gasteiger partial charge in [-0.25, -0.2) is 13.1 Å². The molecule has 0 atom stereocenters. The molecular formula is C17H20N2O3S2. The lowest BCUT2D eigenvalue weighted by Gasteiger charge is -2.32. The van der Waals surface area contributed by atoms with E-state index < -0.39 is 10.0 Å². The van der Waals surface area contributed by atoms with Gasteiger partial charge in [0.15, 0.2) is 0 Å². The molecule has 0 aliphatic carbocycles. The Bertz CT molecular complexity index is 807. The summed E-state index contributed by atoms with van der Waals surface area (Å²) < 4.78 is 27.5. The predicted molar refractivity (Wildman–Crippen MR) is 94.7 cm³/mol. The van der Waals surface area contributed by atoms with E-state index in [1.165, 1.54) is 11.3 Å². The van der Waals surface area contributed by atoms with Gasteiger partial charge in [-0.05, 0) is 44.0 Å². The summed E-state index contributed by atoms with van der Waals surface area (Å²) in [6.07, 6.45) is 1.25. The van der Waals surface area contributed by atoms with Crippen LogP contribution in [0.2, 0.25) is 0 Å². The Balaban J connectivity index is 1.58. The second kappa shape index (κ2) is 7.04. The van der Waals surface area contributed by atoms with Gasteiger partial charge in [0, 0.05) is 24.0 Å². The van der Waals surface area contributed by atoms with E-state index in [1.807, 2.05) is 19.1 Å². The second-order valence-electron chi connectivity index (χ2n) is 5.91. The summed E-state index contributed by atoms with van der Waals surface area (Å²) in [5.41, 5.74) is 0. The number of rotatable bonds is 4. The van der Waals surface area contributed by atoms with E-state index in [-0.39, 0.29) is 16.8 Å². The van der Waals surface area contributed by atoms with Crippen LogP contribution in [0.25, 0.3) is 0 Å². The van der Waals surface area contributed by atoms with E-state index in [2.05, 4.69) is 4.72 Å². The molecule has 0 saturated carbocycles. The minimum atomic E-state index is -3.50. The number of sulfonamides is 1. The molecule has 0 radical (unpaired) electrons. The number of piperidine rings is 1. The Labute approximate surface area is 146 Å². The Kier molecular flexibility index (Phi) is 5.03. The number of aryl methyl sites for hydroxylation is 1. The van der Waals surface area contributed by atoms with Gasteiger partial charge in [-0.2, -0.15) is 0 Å². The van der Waals surface area contributed by atoms with Crippen LogP contribution >= 0.6 is 11.3 Å². The molecule has 1 aliphatic heterocycles. The van der Waals surface area contributed by atoms with Crippen molar-refractivity contribution in [2.24, 2.45) is 0 Å². The molecule has 3 rings (SSSR count). The van der Waals surface area contributed by atoms with Crippen LogP contribution in [0.5, 0.6) is 0 Å². The molecule has 24 heavy (non-hydrogen) atoms. The third-order valence-electron chi connectivity index (χ3n) is 4.11. The predicted octanol–water partition coefficient (Wildman–Crippen LogP) is 2.64. The zero-order chi connectivity index (χ0) is 17.2. The zero-order valence-corrected chi connectivity index (χ0v) is 15.1. The third kappa shape index (κ3) is 3.85. The lowest BCUT2D eigenvalue weighted by atomic mass is 10.1. The maximum atomic E-state index is 12.4. The summed E-state index contributed by atoms with van der Waals surface area (Å²) in [7, 11) is -3.50. The lowest BCUT2D eigenvalue weighted by molar-refractivity contribution is 0.0716.